The molecular formula is C12H11N3OS2. The van der Waals surface area contributed by atoms with Crippen molar-refractivity contribution in [2.24, 2.45) is 0 Å². The van der Waals surface area contributed by atoms with Crippen molar-refractivity contribution in [2.75, 3.05) is 12.4 Å². The highest BCUT2D eigenvalue weighted by atomic mass is 32.2. The number of rotatable bonds is 6. The predicted molar refractivity (Wildman–Crippen MR) is 71.9 cm³/mol. The molecule has 1 heterocycles. The number of nitrogens with zero attached hydrogens (tertiary/aromatic N) is 3. The third-order valence-corrected chi connectivity index (χ3v) is 4.00. The number of hydrogen-bond donors (Lipinski definition) is 0. The maximum absolute atomic E-state index is 8.90. The van der Waals surface area contributed by atoms with E-state index in [-0.39, 0.29) is 0 Å². The molecule has 0 saturated carbocycles. The Bertz CT molecular complexity index is 522. The Balaban J connectivity index is 1.71. The van der Waals surface area contributed by atoms with E-state index in [1.807, 2.05) is 18.2 Å². The molecule has 0 aliphatic carbocycles. The fourth-order valence-corrected chi connectivity index (χ4v) is 2.74. The van der Waals surface area contributed by atoms with Gasteiger partial charge in [0.1, 0.15) is 18.1 Å². The normalized spacial score (nSPS) is 9.94. The maximum atomic E-state index is 8.90. The fourth-order valence-electron chi connectivity index (χ4n) is 1.31. The van der Waals surface area contributed by atoms with Crippen molar-refractivity contribution in [1.29, 1.82) is 5.26 Å². The number of nitriles is 1. The molecule has 0 atom stereocenters. The van der Waals surface area contributed by atoms with Gasteiger partial charge in [-0.1, -0.05) is 23.9 Å². The summed E-state index contributed by atoms with van der Waals surface area (Å²) in [7, 11) is 0. The second-order valence-electron chi connectivity index (χ2n) is 3.37. The summed E-state index contributed by atoms with van der Waals surface area (Å²) < 4.78 is 10.5. The van der Waals surface area contributed by atoms with Crippen LogP contribution in [0.2, 0.25) is 0 Å². The van der Waals surface area contributed by atoms with Gasteiger partial charge >= 0.3 is 0 Å². The van der Waals surface area contributed by atoms with Gasteiger partial charge in [0.05, 0.1) is 12.2 Å². The lowest BCUT2D eigenvalue weighted by molar-refractivity contribution is 0.318. The SMILES string of the molecule is N#Cc1ccccc1OCCCSc1ncns1. The standard InChI is InChI=1S/C12H11N3OS2/c13-8-10-4-1-2-5-11(10)16-6-3-7-17-12-14-9-15-18-12/h1-2,4-5,9H,3,6-7H2. The summed E-state index contributed by atoms with van der Waals surface area (Å²) in [5, 5.41) is 8.90. The summed E-state index contributed by atoms with van der Waals surface area (Å²) in [6.07, 6.45) is 2.47. The summed E-state index contributed by atoms with van der Waals surface area (Å²) >= 11 is 3.07. The lowest BCUT2D eigenvalue weighted by Gasteiger charge is -2.06. The van der Waals surface area contributed by atoms with Crippen LogP contribution in [0.1, 0.15) is 12.0 Å². The molecular weight excluding hydrogens is 266 g/mol. The van der Waals surface area contributed by atoms with Gasteiger partial charge in [0.2, 0.25) is 0 Å². The summed E-state index contributed by atoms with van der Waals surface area (Å²) in [5.74, 6) is 1.59. The van der Waals surface area contributed by atoms with Crippen LogP contribution in [0.25, 0.3) is 0 Å². The first-order chi connectivity index (χ1) is 8.90. The van der Waals surface area contributed by atoms with E-state index in [1.54, 1.807) is 24.2 Å². The van der Waals surface area contributed by atoms with Crippen molar-refractivity contribution >= 4 is 23.3 Å². The quantitative estimate of drug-likeness (QED) is 0.600. The zero-order chi connectivity index (χ0) is 12.6. The van der Waals surface area contributed by atoms with E-state index in [4.69, 9.17) is 10.00 Å². The summed E-state index contributed by atoms with van der Waals surface area (Å²) in [4.78, 5) is 4.09. The third-order valence-electron chi connectivity index (χ3n) is 2.12. The number of thioether (sulfide) groups is 1. The van der Waals surface area contributed by atoms with Gasteiger partial charge in [-0.2, -0.15) is 9.64 Å². The highest BCUT2D eigenvalue weighted by molar-refractivity contribution is 8.00. The minimum atomic E-state index is 0.578. The lowest BCUT2D eigenvalue weighted by atomic mass is 10.2. The number of benzene rings is 1. The summed E-state index contributed by atoms with van der Waals surface area (Å²) in [5.41, 5.74) is 0.578. The molecule has 0 N–H and O–H groups in total. The van der Waals surface area contributed by atoms with Gasteiger partial charge in [-0.05, 0) is 30.1 Å². The average Bonchev–Trinajstić information content (AvgIpc) is 2.92. The van der Waals surface area contributed by atoms with E-state index in [1.165, 1.54) is 11.5 Å². The Morgan fingerprint density at radius 3 is 3.06 bits per heavy atom. The van der Waals surface area contributed by atoms with Gasteiger partial charge in [-0.25, -0.2) is 4.98 Å². The molecule has 0 aliphatic rings. The molecule has 92 valence electrons. The monoisotopic (exact) mass is 277 g/mol. The lowest BCUT2D eigenvalue weighted by Crippen LogP contribution is -2.00. The van der Waals surface area contributed by atoms with Crippen LogP contribution in [0.3, 0.4) is 0 Å². The van der Waals surface area contributed by atoms with Crippen LogP contribution in [0.4, 0.5) is 0 Å². The molecule has 2 rings (SSSR count). The van der Waals surface area contributed by atoms with E-state index < -0.39 is 0 Å². The van der Waals surface area contributed by atoms with Crippen LogP contribution in [0, 0.1) is 11.3 Å². The van der Waals surface area contributed by atoms with Crippen LogP contribution in [-0.2, 0) is 0 Å². The molecule has 0 radical (unpaired) electrons. The molecule has 1 aromatic heterocycles. The molecule has 18 heavy (non-hydrogen) atoms. The molecule has 6 heteroatoms. The smallest absolute Gasteiger partial charge is 0.169 e. The number of para-hydroxylation sites is 1. The largest absolute Gasteiger partial charge is 0.492 e. The molecule has 0 saturated heterocycles. The van der Waals surface area contributed by atoms with Crippen molar-refractivity contribution < 1.29 is 4.74 Å². The van der Waals surface area contributed by atoms with Crippen molar-refractivity contribution in [3.63, 3.8) is 0 Å². The highest BCUT2D eigenvalue weighted by Gasteiger charge is 2.02. The Morgan fingerprint density at radius 2 is 2.28 bits per heavy atom. The second kappa shape index (κ2) is 6.99. The number of hydrogen-bond acceptors (Lipinski definition) is 6. The zero-order valence-corrected chi connectivity index (χ0v) is 11.2. The molecule has 0 aliphatic heterocycles. The van der Waals surface area contributed by atoms with Gasteiger partial charge in [-0.3, -0.25) is 0 Å². The molecule has 1 aromatic carbocycles. The van der Waals surface area contributed by atoms with Gasteiger partial charge in [-0.15, -0.1) is 0 Å². The molecule has 0 spiro atoms. The Hall–Kier alpha value is -1.58. The topological polar surface area (TPSA) is 58.8 Å². The van der Waals surface area contributed by atoms with Crippen molar-refractivity contribution in [2.45, 2.75) is 10.8 Å². The van der Waals surface area contributed by atoms with Crippen LogP contribution in [0.15, 0.2) is 34.9 Å². The molecule has 4 nitrogen and oxygen atoms in total. The van der Waals surface area contributed by atoms with E-state index in [9.17, 15) is 0 Å². The Morgan fingerprint density at radius 1 is 1.39 bits per heavy atom. The molecule has 0 bridgehead atoms. The first kappa shape index (κ1) is 12.9. The van der Waals surface area contributed by atoms with Crippen LogP contribution in [0.5, 0.6) is 5.75 Å². The summed E-state index contributed by atoms with van der Waals surface area (Å²) in [6.45, 7) is 0.602. The molecule has 0 unspecified atom stereocenters. The predicted octanol–water partition coefficient (Wildman–Crippen LogP) is 2.97. The van der Waals surface area contributed by atoms with Crippen molar-refractivity contribution in [3.8, 4) is 11.8 Å². The summed E-state index contributed by atoms with van der Waals surface area (Å²) in [6, 6.07) is 9.38. The highest BCUT2D eigenvalue weighted by Crippen LogP contribution is 2.20. The van der Waals surface area contributed by atoms with E-state index in [0.717, 1.165) is 16.5 Å². The maximum Gasteiger partial charge on any atom is 0.169 e. The van der Waals surface area contributed by atoms with Gasteiger partial charge in [0.15, 0.2) is 4.34 Å². The Labute approximate surface area is 114 Å². The minimum absolute atomic E-state index is 0.578. The van der Waals surface area contributed by atoms with Crippen LogP contribution in [-0.4, -0.2) is 21.7 Å². The van der Waals surface area contributed by atoms with E-state index in [2.05, 4.69) is 15.4 Å². The van der Waals surface area contributed by atoms with Gasteiger partial charge in [0, 0.05) is 5.75 Å². The zero-order valence-electron chi connectivity index (χ0n) is 9.57. The van der Waals surface area contributed by atoms with Crippen LogP contribution >= 0.6 is 23.3 Å². The molecule has 2 aromatic rings. The van der Waals surface area contributed by atoms with Gasteiger partial charge in [0.25, 0.3) is 0 Å². The molecule has 0 amide bonds. The Kier molecular flexibility index (Phi) is 5.00. The average molecular weight is 277 g/mol. The van der Waals surface area contributed by atoms with Gasteiger partial charge < -0.3 is 4.74 Å². The minimum Gasteiger partial charge on any atom is -0.492 e. The third kappa shape index (κ3) is 3.72. The van der Waals surface area contributed by atoms with E-state index in [0.29, 0.717) is 17.9 Å². The van der Waals surface area contributed by atoms with E-state index >= 15 is 0 Å². The van der Waals surface area contributed by atoms with Crippen molar-refractivity contribution in [3.05, 3.63) is 36.2 Å². The fraction of sp³-hybridized carbons (Fsp3) is 0.250. The van der Waals surface area contributed by atoms with Crippen molar-refractivity contribution in [1.82, 2.24) is 9.36 Å². The van der Waals surface area contributed by atoms with Crippen LogP contribution < -0.4 is 4.74 Å². The first-order valence-electron chi connectivity index (χ1n) is 5.41. The second-order valence-corrected chi connectivity index (χ2v) is 5.49. The molecule has 0 fully saturated rings. The number of ether oxygens (including phenoxy) is 1. The number of aromatic nitrogens is 2. The first-order valence-corrected chi connectivity index (χ1v) is 7.17.